The Balaban J connectivity index is 0.000000281. The summed E-state index contributed by atoms with van der Waals surface area (Å²) in [5.74, 6) is 2.17. The maximum atomic E-state index is 2.46. The molecule has 2 aliphatic rings. The molecule has 0 aromatic carbocycles. The van der Waals surface area contributed by atoms with E-state index in [1.54, 1.807) is 0 Å². The number of fused-ring (bicyclic) bond motifs is 2. The SMILES string of the molecule is CC.CC1(C)C2CCC1CC2. The summed E-state index contributed by atoms with van der Waals surface area (Å²) < 4.78 is 0. The summed E-state index contributed by atoms with van der Waals surface area (Å²) in [5, 5.41) is 0. The predicted octanol–water partition coefficient (Wildman–Crippen LogP) is 3.86. The van der Waals surface area contributed by atoms with Crippen LogP contribution in [0.4, 0.5) is 0 Å². The van der Waals surface area contributed by atoms with E-state index in [0.717, 1.165) is 17.3 Å². The maximum Gasteiger partial charge on any atom is -0.0298 e. The third-order valence-corrected chi connectivity index (χ3v) is 3.83. The van der Waals surface area contributed by atoms with Gasteiger partial charge in [0.1, 0.15) is 0 Å². The molecule has 66 valence electrons. The van der Waals surface area contributed by atoms with E-state index in [1.807, 2.05) is 13.8 Å². The van der Waals surface area contributed by atoms with E-state index < -0.39 is 0 Å². The van der Waals surface area contributed by atoms with E-state index in [-0.39, 0.29) is 0 Å². The van der Waals surface area contributed by atoms with E-state index in [2.05, 4.69) is 13.8 Å². The molecule has 0 radical (unpaired) electrons. The first-order valence-corrected chi connectivity index (χ1v) is 5.21. The Morgan fingerprint density at radius 2 is 1.09 bits per heavy atom. The van der Waals surface area contributed by atoms with Gasteiger partial charge in [-0.2, -0.15) is 0 Å². The monoisotopic (exact) mass is 154 g/mol. The molecule has 0 aromatic rings. The Kier molecular flexibility index (Phi) is 2.61. The van der Waals surface area contributed by atoms with Crippen molar-refractivity contribution >= 4 is 0 Å². The van der Waals surface area contributed by atoms with Crippen molar-refractivity contribution in [2.75, 3.05) is 0 Å². The third kappa shape index (κ3) is 1.32. The van der Waals surface area contributed by atoms with Crippen LogP contribution in [0.15, 0.2) is 0 Å². The third-order valence-electron chi connectivity index (χ3n) is 3.83. The molecule has 0 atom stereocenters. The molecule has 2 saturated carbocycles. The lowest BCUT2D eigenvalue weighted by atomic mass is 9.82. The molecule has 0 heterocycles. The summed E-state index contributed by atoms with van der Waals surface area (Å²) in [6.07, 6.45) is 6.10. The van der Waals surface area contributed by atoms with Crippen molar-refractivity contribution in [3.8, 4) is 0 Å². The van der Waals surface area contributed by atoms with Gasteiger partial charge in [0.25, 0.3) is 0 Å². The molecule has 0 aromatic heterocycles. The molecule has 11 heavy (non-hydrogen) atoms. The van der Waals surface area contributed by atoms with Crippen molar-refractivity contribution in [2.45, 2.75) is 53.4 Å². The lowest BCUT2D eigenvalue weighted by molar-refractivity contribution is 0.260. The van der Waals surface area contributed by atoms with Gasteiger partial charge >= 0.3 is 0 Å². The van der Waals surface area contributed by atoms with E-state index in [4.69, 9.17) is 0 Å². The van der Waals surface area contributed by atoms with Crippen molar-refractivity contribution < 1.29 is 0 Å². The van der Waals surface area contributed by atoms with Gasteiger partial charge in [0.05, 0.1) is 0 Å². The van der Waals surface area contributed by atoms with Gasteiger partial charge < -0.3 is 0 Å². The van der Waals surface area contributed by atoms with Gasteiger partial charge in [0.2, 0.25) is 0 Å². The number of rotatable bonds is 0. The molecular formula is C11H22. The summed E-state index contributed by atoms with van der Waals surface area (Å²) in [7, 11) is 0. The van der Waals surface area contributed by atoms with Crippen LogP contribution in [-0.2, 0) is 0 Å². The van der Waals surface area contributed by atoms with Crippen molar-refractivity contribution in [2.24, 2.45) is 17.3 Å². The van der Waals surface area contributed by atoms with Crippen LogP contribution in [0.5, 0.6) is 0 Å². The van der Waals surface area contributed by atoms with Gasteiger partial charge in [0, 0.05) is 0 Å². The number of hydrogen-bond donors (Lipinski definition) is 0. The Hall–Kier alpha value is 0. The topological polar surface area (TPSA) is 0 Å². The molecule has 2 rings (SSSR count). The number of hydrogen-bond acceptors (Lipinski definition) is 0. The molecule has 0 saturated heterocycles. The Bertz CT molecular complexity index is 102. The fourth-order valence-electron chi connectivity index (χ4n) is 2.91. The molecule has 0 N–H and O–H groups in total. The fraction of sp³-hybridized carbons (Fsp3) is 1.00. The molecule has 0 heteroatoms. The molecule has 0 unspecified atom stereocenters. The molecule has 2 aliphatic carbocycles. The standard InChI is InChI=1S/C9H16.C2H6/c1-9(2)7-3-4-8(9)6-5-7;1-2/h7-8H,3-6H2,1-2H3;1-2H3. The second-order valence-corrected chi connectivity index (χ2v) is 4.37. The molecular weight excluding hydrogens is 132 g/mol. The second kappa shape index (κ2) is 3.16. The van der Waals surface area contributed by atoms with Gasteiger partial charge in [-0.05, 0) is 42.9 Å². The van der Waals surface area contributed by atoms with Gasteiger partial charge in [0.15, 0.2) is 0 Å². The Labute approximate surface area is 71.4 Å². The van der Waals surface area contributed by atoms with Crippen molar-refractivity contribution in [1.82, 2.24) is 0 Å². The summed E-state index contributed by atoms with van der Waals surface area (Å²) in [6.45, 7) is 8.92. The Morgan fingerprint density at radius 1 is 0.818 bits per heavy atom. The fourth-order valence-corrected chi connectivity index (χ4v) is 2.91. The van der Waals surface area contributed by atoms with Crippen LogP contribution in [0.25, 0.3) is 0 Å². The van der Waals surface area contributed by atoms with E-state index in [0.29, 0.717) is 0 Å². The van der Waals surface area contributed by atoms with Crippen molar-refractivity contribution in [3.05, 3.63) is 0 Å². The van der Waals surface area contributed by atoms with E-state index in [1.165, 1.54) is 25.7 Å². The average molecular weight is 154 g/mol. The minimum Gasteiger partial charge on any atom is -0.0683 e. The van der Waals surface area contributed by atoms with Crippen LogP contribution in [0, 0.1) is 17.3 Å². The lowest BCUT2D eigenvalue weighted by Crippen LogP contribution is -2.16. The lowest BCUT2D eigenvalue weighted by Gasteiger charge is -2.23. The van der Waals surface area contributed by atoms with Crippen LogP contribution in [-0.4, -0.2) is 0 Å². The van der Waals surface area contributed by atoms with Crippen molar-refractivity contribution in [3.63, 3.8) is 0 Å². The minimum absolute atomic E-state index is 0.722. The molecule has 0 spiro atoms. The highest BCUT2D eigenvalue weighted by Gasteiger charge is 2.47. The van der Waals surface area contributed by atoms with E-state index >= 15 is 0 Å². The van der Waals surface area contributed by atoms with E-state index in [9.17, 15) is 0 Å². The summed E-state index contributed by atoms with van der Waals surface area (Å²) in [5.41, 5.74) is 0.722. The molecule has 0 nitrogen and oxygen atoms in total. The minimum atomic E-state index is 0.722. The zero-order chi connectivity index (χ0) is 8.48. The van der Waals surface area contributed by atoms with Gasteiger partial charge in [-0.25, -0.2) is 0 Å². The van der Waals surface area contributed by atoms with Crippen molar-refractivity contribution in [1.29, 1.82) is 0 Å². The molecule has 2 bridgehead atoms. The van der Waals surface area contributed by atoms with Crippen LogP contribution in [0.2, 0.25) is 0 Å². The smallest absolute Gasteiger partial charge is 0.0298 e. The highest BCUT2D eigenvalue weighted by atomic mass is 14.5. The summed E-state index contributed by atoms with van der Waals surface area (Å²) in [6, 6.07) is 0. The highest BCUT2D eigenvalue weighted by Crippen LogP contribution is 2.57. The van der Waals surface area contributed by atoms with Gasteiger partial charge in [-0.15, -0.1) is 0 Å². The van der Waals surface area contributed by atoms with Crippen LogP contribution < -0.4 is 0 Å². The molecule has 0 aliphatic heterocycles. The quantitative estimate of drug-likeness (QED) is 0.497. The summed E-state index contributed by atoms with van der Waals surface area (Å²) in [4.78, 5) is 0. The molecule has 0 amide bonds. The predicted molar refractivity (Wildman–Crippen MR) is 50.6 cm³/mol. The molecule has 2 fully saturated rings. The largest absolute Gasteiger partial charge is 0.0683 e. The Morgan fingerprint density at radius 3 is 1.18 bits per heavy atom. The normalized spacial score (nSPS) is 38.2. The highest BCUT2D eigenvalue weighted by molar-refractivity contribution is 4.97. The first-order valence-electron chi connectivity index (χ1n) is 5.21. The first-order chi connectivity index (χ1) is 5.21. The maximum absolute atomic E-state index is 2.46. The van der Waals surface area contributed by atoms with Crippen LogP contribution in [0.3, 0.4) is 0 Å². The van der Waals surface area contributed by atoms with Crippen LogP contribution >= 0.6 is 0 Å². The van der Waals surface area contributed by atoms with Gasteiger partial charge in [-0.1, -0.05) is 27.7 Å². The van der Waals surface area contributed by atoms with Crippen LogP contribution in [0.1, 0.15) is 53.4 Å². The summed E-state index contributed by atoms with van der Waals surface area (Å²) >= 11 is 0. The zero-order valence-corrected chi connectivity index (χ0v) is 8.48. The van der Waals surface area contributed by atoms with Gasteiger partial charge in [-0.3, -0.25) is 0 Å². The first kappa shape index (κ1) is 9.09. The average Bonchev–Trinajstić information content (AvgIpc) is 2.47. The second-order valence-electron chi connectivity index (χ2n) is 4.37. The zero-order valence-electron chi connectivity index (χ0n) is 8.48.